The van der Waals surface area contributed by atoms with E-state index in [-0.39, 0.29) is 17.9 Å². The van der Waals surface area contributed by atoms with Crippen LogP contribution >= 0.6 is 0 Å². The highest BCUT2D eigenvalue weighted by Crippen LogP contribution is 2.35. The Hall–Kier alpha value is -3.35. The van der Waals surface area contributed by atoms with Gasteiger partial charge in [0.05, 0.1) is 0 Å². The third kappa shape index (κ3) is 7.09. The topological polar surface area (TPSA) is 87.7 Å². The number of ether oxygens (including phenoxy) is 1. The molecule has 0 aliphatic heterocycles. The number of nitrogens with one attached hydrogen (secondary N) is 2. The monoisotopic (exact) mass is 493 g/mol. The van der Waals surface area contributed by atoms with Crippen LogP contribution in [0.15, 0.2) is 48.5 Å². The summed E-state index contributed by atoms with van der Waals surface area (Å²) in [5.74, 6) is -0.538. The smallest absolute Gasteiger partial charge is 0.408 e. The summed E-state index contributed by atoms with van der Waals surface area (Å²) in [6.07, 6.45) is 1.97. The molecular formula is C29H39N3O4. The number of rotatable bonds is 8. The molecule has 0 saturated heterocycles. The number of alkyl carbamates (subject to hydrolysis) is 1. The zero-order valence-corrected chi connectivity index (χ0v) is 22.3. The number of benzene rings is 2. The van der Waals surface area contributed by atoms with Crippen molar-refractivity contribution in [3.8, 4) is 0 Å². The fourth-order valence-corrected chi connectivity index (χ4v) is 4.31. The van der Waals surface area contributed by atoms with E-state index in [0.29, 0.717) is 6.54 Å². The molecule has 1 aliphatic rings. The van der Waals surface area contributed by atoms with Crippen molar-refractivity contribution >= 4 is 17.9 Å². The molecule has 3 rings (SSSR count). The van der Waals surface area contributed by atoms with E-state index >= 15 is 0 Å². The van der Waals surface area contributed by atoms with Gasteiger partial charge in [-0.2, -0.15) is 0 Å². The number of nitrogens with zero attached hydrogens (tertiary/aromatic N) is 1. The van der Waals surface area contributed by atoms with Crippen LogP contribution in [0.1, 0.15) is 75.3 Å². The number of hydrogen-bond donors (Lipinski definition) is 2. The molecule has 2 atom stereocenters. The van der Waals surface area contributed by atoms with Crippen LogP contribution in [0.4, 0.5) is 4.79 Å². The quantitative estimate of drug-likeness (QED) is 0.544. The van der Waals surface area contributed by atoms with Crippen LogP contribution in [0.5, 0.6) is 0 Å². The summed E-state index contributed by atoms with van der Waals surface area (Å²) in [6, 6.07) is 13.9. The zero-order chi connectivity index (χ0) is 26.5. The van der Waals surface area contributed by atoms with Gasteiger partial charge >= 0.3 is 6.09 Å². The molecule has 3 amide bonds. The molecule has 7 nitrogen and oxygen atoms in total. The number of aryl methyl sites for hydroxylation is 2. The Labute approximate surface area is 214 Å². The van der Waals surface area contributed by atoms with Crippen LogP contribution in [0.3, 0.4) is 0 Å². The van der Waals surface area contributed by atoms with E-state index in [2.05, 4.69) is 10.6 Å². The molecule has 2 aromatic rings. The lowest BCUT2D eigenvalue weighted by Gasteiger charge is -2.43. The normalized spacial score (nSPS) is 15.3. The van der Waals surface area contributed by atoms with E-state index in [4.69, 9.17) is 4.74 Å². The Bertz CT molecular complexity index is 1070. The van der Waals surface area contributed by atoms with Gasteiger partial charge in [0.1, 0.15) is 17.7 Å². The fourth-order valence-electron chi connectivity index (χ4n) is 4.31. The van der Waals surface area contributed by atoms with Gasteiger partial charge in [0, 0.05) is 12.6 Å². The lowest BCUT2D eigenvalue weighted by Crippen LogP contribution is -2.56. The molecule has 1 fully saturated rings. The van der Waals surface area contributed by atoms with Crippen molar-refractivity contribution in [1.29, 1.82) is 0 Å². The molecule has 1 aliphatic carbocycles. The Balaban J connectivity index is 1.93. The molecule has 2 N–H and O–H groups in total. The van der Waals surface area contributed by atoms with Crippen molar-refractivity contribution in [3.63, 3.8) is 0 Å². The van der Waals surface area contributed by atoms with E-state index in [1.165, 1.54) is 0 Å². The average Bonchev–Trinajstić information content (AvgIpc) is 2.77. The second-order valence-electron chi connectivity index (χ2n) is 10.7. The van der Waals surface area contributed by atoms with Crippen LogP contribution in [0, 0.1) is 13.8 Å². The Morgan fingerprint density at radius 3 is 2.31 bits per heavy atom. The first-order chi connectivity index (χ1) is 17.0. The van der Waals surface area contributed by atoms with Crippen LogP contribution in [0.2, 0.25) is 0 Å². The summed E-state index contributed by atoms with van der Waals surface area (Å²) in [5, 5.41) is 5.71. The molecule has 2 unspecified atom stereocenters. The van der Waals surface area contributed by atoms with Gasteiger partial charge in [-0.15, -0.1) is 0 Å². The molecule has 1 saturated carbocycles. The number of carbonyl (C=O) groups is 3. The second kappa shape index (κ2) is 11.6. The first-order valence-corrected chi connectivity index (χ1v) is 12.7. The van der Waals surface area contributed by atoms with Crippen LogP contribution in [-0.2, 0) is 20.9 Å². The minimum absolute atomic E-state index is 0.0761. The maximum absolute atomic E-state index is 13.8. The Kier molecular flexibility index (Phi) is 8.77. The Morgan fingerprint density at radius 2 is 1.72 bits per heavy atom. The van der Waals surface area contributed by atoms with Gasteiger partial charge in [-0.1, -0.05) is 54.1 Å². The minimum atomic E-state index is -0.852. The second-order valence-corrected chi connectivity index (χ2v) is 10.7. The zero-order valence-electron chi connectivity index (χ0n) is 22.3. The van der Waals surface area contributed by atoms with Crippen molar-refractivity contribution in [2.75, 3.05) is 0 Å². The van der Waals surface area contributed by atoms with E-state index in [0.717, 1.165) is 41.5 Å². The van der Waals surface area contributed by atoms with Gasteiger partial charge in [-0.3, -0.25) is 9.59 Å². The predicted molar refractivity (Wildman–Crippen MR) is 140 cm³/mol. The fraction of sp³-hybridized carbons (Fsp3) is 0.483. The first kappa shape index (κ1) is 27.2. The van der Waals surface area contributed by atoms with Crippen LogP contribution in [0.25, 0.3) is 0 Å². The average molecular weight is 494 g/mol. The summed E-state index contributed by atoms with van der Waals surface area (Å²) in [6.45, 7) is 11.2. The maximum Gasteiger partial charge on any atom is 0.408 e. The van der Waals surface area contributed by atoms with Crippen molar-refractivity contribution < 1.29 is 19.1 Å². The first-order valence-electron chi connectivity index (χ1n) is 12.7. The van der Waals surface area contributed by atoms with Crippen molar-refractivity contribution in [2.24, 2.45) is 0 Å². The number of hydrogen-bond acceptors (Lipinski definition) is 4. The van der Waals surface area contributed by atoms with Gasteiger partial charge in [0.15, 0.2) is 0 Å². The lowest BCUT2D eigenvalue weighted by atomic mass is 9.87. The number of carbonyl (C=O) groups excluding carboxylic acids is 3. The standard InChI is InChI=1S/C29H39N3O4/c1-19-15-16-20(2)24(17-19)25(26(33)30-18-22-11-8-7-9-12-22)32(23-13-10-14-23)27(34)21(3)31-28(35)36-29(4,5)6/h7-9,11-12,15-17,21,23,25H,10,13-14,18H2,1-6H3,(H,30,33)(H,31,35). The highest BCUT2D eigenvalue weighted by atomic mass is 16.6. The molecule has 0 spiro atoms. The van der Waals surface area contributed by atoms with E-state index in [1.54, 1.807) is 32.6 Å². The van der Waals surface area contributed by atoms with Crippen molar-refractivity contribution in [2.45, 2.75) is 91.1 Å². The van der Waals surface area contributed by atoms with E-state index in [1.807, 2.05) is 62.4 Å². The maximum atomic E-state index is 13.8. The molecule has 0 radical (unpaired) electrons. The van der Waals surface area contributed by atoms with Crippen molar-refractivity contribution in [1.82, 2.24) is 15.5 Å². The summed E-state index contributed by atoms with van der Waals surface area (Å²) >= 11 is 0. The van der Waals surface area contributed by atoms with Gasteiger partial charge in [-0.25, -0.2) is 4.79 Å². The molecule has 0 bridgehead atoms. The summed E-state index contributed by atoms with van der Waals surface area (Å²) in [4.78, 5) is 41.7. The predicted octanol–water partition coefficient (Wildman–Crippen LogP) is 4.96. The highest BCUT2D eigenvalue weighted by Gasteiger charge is 2.41. The molecule has 0 aromatic heterocycles. The molecule has 194 valence electrons. The Morgan fingerprint density at radius 1 is 1.06 bits per heavy atom. The van der Waals surface area contributed by atoms with Gasteiger partial charge in [0.2, 0.25) is 11.8 Å². The van der Waals surface area contributed by atoms with E-state index in [9.17, 15) is 14.4 Å². The highest BCUT2D eigenvalue weighted by molar-refractivity contribution is 5.92. The van der Waals surface area contributed by atoms with Crippen molar-refractivity contribution in [3.05, 3.63) is 70.8 Å². The van der Waals surface area contributed by atoms with Gasteiger partial charge in [-0.05, 0) is 77.5 Å². The van der Waals surface area contributed by atoms with Gasteiger partial charge in [0.25, 0.3) is 0 Å². The molecule has 0 heterocycles. The number of amides is 3. The third-order valence-electron chi connectivity index (χ3n) is 6.39. The molecule has 36 heavy (non-hydrogen) atoms. The SMILES string of the molecule is Cc1ccc(C)c(C(C(=O)NCc2ccccc2)N(C(=O)C(C)NC(=O)OC(C)(C)C)C2CCC2)c1. The summed E-state index contributed by atoms with van der Waals surface area (Å²) in [7, 11) is 0. The molecule has 2 aromatic carbocycles. The lowest BCUT2D eigenvalue weighted by molar-refractivity contribution is -0.147. The molecular weight excluding hydrogens is 454 g/mol. The third-order valence-corrected chi connectivity index (χ3v) is 6.39. The van der Waals surface area contributed by atoms with Gasteiger partial charge < -0.3 is 20.3 Å². The summed E-state index contributed by atoms with van der Waals surface area (Å²) in [5.41, 5.74) is 3.04. The minimum Gasteiger partial charge on any atom is -0.444 e. The molecule has 7 heteroatoms. The van der Waals surface area contributed by atoms with Crippen LogP contribution in [-0.4, -0.2) is 40.5 Å². The van der Waals surface area contributed by atoms with E-state index < -0.39 is 23.8 Å². The van der Waals surface area contributed by atoms with Crippen LogP contribution < -0.4 is 10.6 Å². The largest absolute Gasteiger partial charge is 0.444 e. The summed E-state index contributed by atoms with van der Waals surface area (Å²) < 4.78 is 5.35.